The second kappa shape index (κ2) is 8.68. The second-order valence-corrected chi connectivity index (χ2v) is 7.48. The summed E-state index contributed by atoms with van der Waals surface area (Å²) in [6.07, 6.45) is 1.44. The summed E-state index contributed by atoms with van der Waals surface area (Å²) in [5.41, 5.74) is 7.19. The van der Waals surface area contributed by atoms with Gasteiger partial charge in [-0.1, -0.05) is 12.1 Å². The first-order chi connectivity index (χ1) is 12.8. The van der Waals surface area contributed by atoms with Gasteiger partial charge in [0, 0.05) is 23.1 Å². The molecule has 0 saturated heterocycles. The fraction of sp³-hybridized carbons (Fsp3) is 0.263. The summed E-state index contributed by atoms with van der Waals surface area (Å²) in [5.74, 6) is 1.50. The third-order valence-electron chi connectivity index (χ3n) is 3.88. The lowest BCUT2D eigenvalue weighted by molar-refractivity contribution is 0.374. The predicted octanol–water partition coefficient (Wildman–Crippen LogP) is 2.89. The Morgan fingerprint density at radius 3 is 2.11 bits per heavy atom. The Labute approximate surface area is 159 Å². The number of para-hydroxylation sites is 1. The van der Waals surface area contributed by atoms with Crippen LogP contribution in [0.5, 0.6) is 23.0 Å². The van der Waals surface area contributed by atoms with Gasteiger partial charge in [-0.15, -0.1) is 0 Å². The predicted molar refractivity (Wildman–Crippen MR) is 105 cm³/mol. The van der Waals surface area contributed by atoms with E-state index in [1.165, 1.54) is 34.5 Å². The smallest absolute Gasteiger partial charge is 0.175 e. The molecule has 7 nitrogen and oxygen atoms in total. The van der Waals surface area contributed by atoms with Gasteiger partial charge < -0.3 is 24.7 Å². The second-order valence-electron chi connectivity index (χ2n) is 5.60. The molecule has 0 atom stereocenters. The quantitative estimate of drug-likeness (QED) is 0.689. The zero-order valence-electron chi connectivity index (χ0n) is 15.7. The van der Waals surface area contributed by atoms with Crippen LogP contribution in [0.3, 0.4) is 0 Å². The van der Waals surface area contributed by atoms with Gasteiger partial charge in [-0.05, 0) is 12.1 Å². The fourth-order valence-corrected chi connectivity index (χ4v) is 3.70. The zero-order chi connectivity index (χ0) is 20.0. The standard InChI is InChI=1S/C19H23NO6S/c1-23-14-10-17(24-2)15(18(11-14)25-3)8-9-27(21,22)12-13-6-5-7-16(20)19(13)26-4/h5-11H,12,20H2,1-4H3. The van der Waals surface area contributed by atoms with Gasteiger partial charge in [0.2, 0.25) is 0 Å². The molecule has 2 aromatic carbocycles. The first-order valence-corrected chi connectivity index (χ1v) is 9.69. The van der Waals surface area contributed by atoms with E-state index >= 15 is 0 Å². The van der Waals surface area contributed by atoms with Crippen molar-refractivity contribution in [1.29, 1.82) is 0 Å². The van der Waals surface area contributed by atoms with E-state index < -0.39 is 9.84 Å². The maximum atomic E-state index is 12.6. The minimum absolute atomic E-state index is 0.251. The molecule has 0 aromatic heterocycles. The van der Waals surface area contributed by atoms with E-state index in [4.69, 9.17) is 24.7 Å². The van der Waals surface area contributed by atoms with Crippen LogP contribution in [0.15, 0.2) is 35.7 Å². The van der Waals surface area contributed by atoms with E-state index in [9.17, 15) is 8.42 Å². The van der Waals surface area contributed by atoms with Crippen LogP contribution in [-0.2, 0) is 15.6 Å². The molecule has 0 aliphatic heterocycles. The van der Waals surface area contributed by atoms with Crippen LogP contribution < -0.4 is 24.7 Å². The summed E-state index contributed by atoms with van der Waals surface area (Å²) in [7, 11) is 2.33. The highest BCUT2D eigenvalue weighted by molar-refractivity contribution is 7.93. The van der Waals surface area contributed by atoms with Crippen molar-refractivity contribution in [2.24, 2.45) is 0 Å². The minimum atomic E-state index is -3.61. The molecule has 0 amide bonds. The maximum absolute atomic E-state index is 12.6. The number of hydrogen-bond donors (Lipinski definition) is 1. The Hall–Kier alpha value is -2.87. The Balaban J connectivity index is 2.38. The van der Waals surface area contributed by atoms with Crippen LogP contribution in [0.25, 0.3) is 6.08 Å². The molecule has 8 heteroatoms. The van der Waals surface area contributed by atoms with E-state index in [1.807, 2.05) is 0 Å². The fourth-order valence-electron chi connectivity index (χ4n) is 2.60. The zero-order valence-corrected chi connectivity index (χ0v) is 16.5. The summed E-state index contributed by atoms with van der Waals surface area (Å²) < 4.78 is 46.2. The van der Waals surface area contributed by atoms with Gasteiger partial charge in [0.25, 0.3) is 0 Å². The number of nitrogen functional groups attached to an aromatic ring is 1. The van der Waals surface area contributed by atoms with Gasteiger partial charge in [0.1, 0.15) is 23.0 Å². The molecule has 2 N–H and O–H groups in total. The highest BCUT2D eigenvalue weighted by atomic mass is 32.2. The Kier molecular flexibility index (Phi) is 6.57. The highest BCUT2D eigenvalue weighted by Crippen LogP contribution is 2.35. The number of ether oxygens (including phenoxy) is 4. The molecule has 0 aliphatic rings. The largest absolute Gasteiger partial charge is 0.496 e. The van der Waals surface area contributed by atoms with Crippen LogP contribution in [-0.4, -0.2) is 36.9 Å². The van der Waals surface area contributed by atoms with Gasteiger partial charge in [-0.2, -0.15) is 0 Å². The molecule has 146 valence electrons. The van der Waals surface area contributed by atoms with E-state index in [2.05, 4.69) is 0 Å². The monoisotopic (exact) mass is 393 g/mol. The van der Waals surface area contributed by atoms with Gasteiger partial charge >= 0.3 is 0 Å². The summed E-state index contributed by atoms with van der Waals surface area (Å²) in [5, 5.41) is 1.11. The molecule has 27 heavy (non-hydrogen) atoms. The van der Waals surface area contributed by atoms with Gasteiger partial charge in [-0.25, -0.2) is 8.42 Å². The molecule has 0 unspecified atom stereocenters. The summed E-state index contributed by atoms with van der Waals surface area (Å²) in [6.45, 7) is 0. The molecule has 0 heterocycles. The maximum Gasteiger partial charge on any atom is 0.175 e. The first kappa shape index (κ1) is 20.4. The Morgan fingerprint density at radius 2 is 1.59 bits per heavy atom. The number of rotatable bonds is 8. The van der Waals surface area contributed by atoms with E-state index in [1.54, 1.807) is 30.3 Å². The third kappa shape index (κ3) is 4.85. The Bertz CT molecular complexity index is 912. The number of methoxy groups -OCH3 is 4. The lowest BCUT2D eigenvalue weighted by Crippen LogP contribution is -2.04. The van der Waals surface area contributed by atoms with Crippen LogP contribution in [0.1, 0.15) is 11.1 Å². The average Bonchev–Trinajstić information content (AvgIpc) is 2.65. The van der Waals surface area contributed by atoms with Crippen LogP contribution in [0.4, 0.5) is 5.69 Å². The van der Waals surface area contributed by atoms with Crippen molar-refractivity contribution in [3.63, 3.8) is 0 Å². The third-order valence-corrected chi connectivity index (χ3v) is 5.15. The summed E-state index contributed by atoms with van der Waals surface area (Å²) in [4.78, 5) is 0. The lowest BCUT2D eigenvalue weighted by Gasteiger charge is -2.13. The molecular formula is C19H23NO6S. The van der Waals surface area contributed by atoms with Crippen LogP contribution >= 0.6 is 0 Å². The topological polar surface area (TPSA) is 97.1 Å². The molecule has 2 aromatic rings. The van der Waals surface area contributed by atoms with E-state index in [-0.39, 0.29) is 5.75 Å². The van der Waals surface area contributed by atoms with Crippen molar-refractivity contribution in [2.45, 2.75) is 5.75 Å². The lowest BCUT2D eigenvalue weighted by atomic mass is 10.1. The van der Waals surface area contributed by atoms with Crippen molar-refractivity contribution in [3.8, 4) is 23.0 Å². The normalized spacial score (nSPS) is 11.4. The minimum Gasteiger partial charge on any atom is -0.496 e. The molecular weight excluding hydrogens is 370 g/mol. The molecule has 2 rings (SSSR count). The number of hydrogen-bond acceptors (Lipinski definition) is 7. The average molecular weight is 393 g/mol. The van der Waals surface area contributed by atoms with Crippen LogP contribution in [0.2, 0.25) is 0 Å². The van der Waals surface area contributed by atoms with Crippen molar-refractivity contribution in [2.75, 3.05) is 34.2 Å². The van der Waals surface area contributed by atoms with Crippen molar-refractivity contribution < 1.29 is 27.4 Å². The molecule has 0 spiro atoms. The van der Waals surface area contributed by atoms with Gasteiger partial charge in [-0.3, -0.25) is 0 Å². The van der Waals surface area contributed by atoms with E-state index in [0.717, 1.165) is 5.41 Å². The van der Waals surface area contributed by atoms with Crippen molar-refractivity contribution in [3.05, 3.63) is 46.9 Å². The van der Waals surface area contributed by atoms with E-state index in [0.29, 0.717) is 39.8 Å². The molecule has 0 saturated carbocycles. The summed E-state index contributed by atoms with van der Waals surface area (Å²) >= 11 is 0. The van der Waals surface area contributed by atoms with Gasteiger partial charge in [0.15, 0.2) is 9.84 Å². The molecule has 0 radical (unpaired) electrons. The summed E-state index contributed by atoms with van der Waals surface area (Å²) in [6, 6.07) is 8.29. The SMILES string of the molecule is COc1cc(OC)c(C=CS(=O)(=O)Cc2cccc(N)c2OC)c(OC)c1. The number of nitrogens with two attached hydrogens (primary N) is 1. The van der Waals surface area contributed by atoms with Crippen molar-refractivity contribution >= 4 is 21.6 Å². The van der Waals surface area contributed by atoms with Crippen molar-refractivity contribution in [1.82, 2.24) is 0 Å². The molecule has 0 fully saturated rings. The highest BCUT2D eigenvalue weighted by Gasteiger charge is 2.16. The Morgan fingerprint density at radius 1 is 0.963 bits per heavy atom. The molecule has 0 bridgehead atoms. The first-order valence-electron chi connectivity index (χ1n) is 7.97. The van der Waals surface area contributed by atoms with Gasteiger partial charge in [0.05, 0.1) is 45.4 Å². The molecule has 0 aliphatic carbocycles. The number of anilines is 1. The van der Waals surface area contributed by atoms with Crippen LogP contribution in [0, 0.1) is 0 Å². The number of sulfone groups is 1. The number of benzene rings is 2.